The summed E-state index contributed by atoms with van der Waals surface area (Å²) >= 11 is 0. The van der Waals surface area contributed by atoms with Crippen molar-refractivity contribution in [2.45, 2.75) is 13.5 Å². The molecule has 0 aliphatic carbocycles. The number of benzene rings is 2. The van der Waals surface area contributed by atoms with E-state index in [0.29, 0.717) is 6.54 Å². The van der Waals surface area contributed by atoms with Gasteiger partial charge in [0.25, 0.3) is 0 Å². The van der Waals surface area contributed by atoms with Gasteiger partial charge in [-0.15, -0.1) is 0 Å². The Kier molecular flexibility index (Phi) is 3.59. The van der Waals surface area contributed by atoms with Gasteiger partial charge < -0.3 is 5.73 Å². The van der Waals surface area contributed by atoms with Crippen molar-refractivity contribution >= 4 is 0 Å². The molecule has 0 saturated carbocycles. The van der Waals surface area contributed by atoms with Gasteiger partial charge in [0.05, 0.1) is 0 Å². The molecule has 0 amide bonds. The van der Waals surface area contributed by atoms with Crippen molar-refractivity contribution < 1.29 is 0 Å². The molecule has 0 aliphatic heterocycles. The van der Waals surface area contributed by atoms with Gasteiger partial charge >= 0.3 is 0 Å². The van der Waals surface area contributed by atoms with Crippen LogP contribution in [0.2, 0.25) is 0 Å². The first-order valence-corrected chi connectivity index (χ1v) is 5.65. The van der Waals surface area contributed by atoms with E-state index in [1.807, 2.05) is 36.4 Å². The zero-order chi connectivity index (χ0) is 12.1. The molecule has 0 aromatic heterocycles. The summed E-state index contributed by atoms with van der Waals surface area (Å²) in [7, 11) is 0. The zero-order valence-corrected chi connectivity index (χ0v) is 9.90. The summed E-state index contributed by atoms with van der Waals surface area (Å²) in [5.74, 6) is 6.31. The molecule has 2 rings (SSSR count). The Morgan fingerprint density at radius 3 is 2.29 bits per heavy atom. The highest BCUT2D eigenvalue weighted by atomic mass is 14.5. The molecule has 0 saturated heterocycles. The smallest absolute Gasteiger partial charge is 0.0251 e. The maximum atomic E-state index is 5.55. The van der Waals surface area contributed by atoms with Gasteiger partial charge in [-0.2, -0.15) is 0 Å². The van der Waals surface area contributed by atoms with E-state index in [9.17, 15) is 0 Å². The van der Waals surface area contributed by atoms with Gasteiger partial charge in [0, 0.05) is 17.7 Å². The van der Waals surface area contributed by atoms with Crippen LogP contribution in [0.25, 0.3) is 0 Å². The molecule has 2 N–H and O–H groups in total. The second-order valence-electron chi connectivity index (χ2n) is 4.02. The first-order chi connectivity index (χ1) is 8.28. The molecule has 84 valence electrons. The number of rotatable bonds is 1. The lowest BCUT2D eigenvalue weighted by atomic mass is 10.1. The van der Waals surface area contributed by atoms with Crippen LogP contribution >= 0.6 is 0 Å². The van der Waals surface area contributed by atoms with Gasteiger partial charge in [0.1, 0.15) is 0 Å². The fourth-order valence-corrected chi connectivity index (χ4v) is 1.59. The quantitative estimate of drug-likeness (QED) is 0.736. The van der Waals surface area contributed by atoms with E-state index in [1.54, 1.807) is 0 Å². The van der Waals surface area contributed by atoms with Crippen LogP contribution in [-0.2, 0) is 6.54 Å². The Balaban J connectivity index is 2.20. The molecule has 0 bridgehead atoms. The molecule has 0 unspecified atom stereocenters. The summed E-state index contributed by atoms with van der Waals surface area (Å²) in [6, 6.07) is 16.2. The SMILES string of the molecule is Cc1cccc(C#Cc2ccc(CN)cc2)c1. The highest BCUT2D eigenvalue weighted by molar-refractivity contribution is 5.44. The molecule has 0 aliphatic rings. The van der Waals surface area contributed by atoms with E-state index in [0.717, 1.165) is 16.7 Å². The molecule has 0 heterocycles. The summed E-state index contributed by atoms with van der Waals surface area (Å²) in [6.45, 7) is 2.65. The van der Waals surface area contributed by atoms with Gasteiger partial charge in [-0.3, -0.25) is 0 Å². The fourth-order valence-electron chi connectivity index (χ4n) is 1.59. The lowest BCUT2D eigenvalue weighted by Crippen LogP contribution is -1.95. The van der Waals surface area contributed by atoms with Gasteiger partial charge in [-0.1, -0.05) is 36.1 Å². The molecule has 2 aromatic rings. The molecule has 2 aromatic carbocycles. The van der Waals surface area contributed by atoms with Gasteiger partial charge in [-0.25, -0.2) is 0 Å². The van der Waals surface area contributed by atoms with Crippen molar-refractivity contribution in [1.82, 2.24) is 0 Å². The highest BCUT2D eigenvalue weighted by Crippen LogP contribution is 2.04. The molecule has 17 heavy (non-hydrogen) atoms. The van der Waals surface area contributed by atoms with Crippen LogP contribution in [0.3, 0.4) is 0 Å². The molecule has 1 nitrogen and oxygen atoms in total. The molecular weight excluding hydrogens is 206 g/mol. The summed E-state index contributed by atoms with van der Waals surface area (Å²) in [5, 5.41) is 0. The zero-order valence-electron chi connectivity index (χ0n) is 9.90. The van der Waals surface area contributed by atoms with E-state index in [1.165, 1.54) is 5.56 Å². The maximum Gasteiger partial charge on any atom is 0.0251 e. The minimum atomic E-state index is 0.575. The van der Waals surface area contributed by atoms with Crippen LogP contribution in [-0.4, -0.2) is 0 Å². The van der Waals surface area contributed by atoms with Crippen molar-refractivity contribution in [3.05, 3.63) is 70.8 Å². The lowest BCUT2D eigenvalue weighted by molar-refractivity contribution is 1.07. The topological polar surface area (TPSA) is 26.0 Å². The molecule has 1 heteroatoms. The average molecular weight is 221 g/mol. The second-order valence-corrected chi connectivity index (χ2v) is 4.02. The Hall–Kier alpha value is -2.04. The minimum absolute atomic E-state index is 0.575. The Bertz CT molecular complexity index is 556. The van der Waals surface area contributed by atoms with E-state index in [2.05, 4.69) is 30.9 Å². The van der Waals surface area contributed by atoms with Crippen molar-refractivity contribution in [3.8, 4) is 11.8 Å². The second kappa shape index (κ2) is 5.34. The standard InChI is InChI=1S/C16H15N/c1-13-3-2-4-15(11-13)8-5-14-6-9-16(12-17)10-7-14/h2-4,6-7,9-11H,12,17H2,1H3. The number of nitrogens with two attached hydrogens (primary N) is 1. The van der Waals surface area contributed by atoms with Crippen LogP contribution in [0.4, 0.5) is 0 Å². The monoisotopic (exact) mass is 221 g/mol. The van der Waals surface area contributed by atoms with Crippen LogP contribution in [0, 0.1) is 18.8 Å². The third-order valence-electron chi connectivity index (χ3n) is 2.56. The van der Waals surface area contributed by atoms with Crippen LogP contribution in [0.5, 0.6) is 0 Å². The first kappa shape index (κ1) is 11.4. The normalized spacial score (nSPS) is 9.53. The van der Waals surface area contributed by atoms with E-state index >= 15 is 0 Å². The third-order valence-corrected chi connectivity index (χ3v) is 2.56. The predicted octanol–water partition coefficient (Wildman–Crippen LogP) is 2.85. The lowest BCUT2D eigenvalue weighted by Gasteiger charge is -1.95. The Morgan fingerprint density at radius 1 is 0.941 bits per heavy atom. The Morgan fingerprint density at radius 2 is 1.65 bits per heavy atom. The van der Waals surface area contributed by atoms with Crippen molar-refractivity contribution in [2.24, 2.45) is 5.73 Å². The third kappa shape index (κ3) is 3.21. The van der Waals surface area contributed by atoms with E-state index in [4.69, 9.17) is 5.73 Å². The highest BCUT2D eigenvalue weighted by Gasteiger charge is 1.90. The molecule has 0 fully saturated rings. The molecule has 0 radical (unpaired) electrons. The maximum absolute atomic E-state index is 5.55. The average Bonchev–Trinajstić information content (AvgIpc) is 2.37. The number of hydrogen-bond donors (Lipinski definition) is 1. The van der Waals surface area contributed by atoms with Crippen LogP contribution < -0.4 is 5.73 Å². The van der Waals surface area contributed by atoms with Crippen molar-refractivity contribution in [3.63, 3.8) is 0 Å². The summed E-state index contributed by atoms with van der Waals surface area (Å²) < 4.78 is 0. The summed E-state index contributed by atoms with van der Waals surface area (Å²) in [5.41, 5.74) is 9.97. The summed E-state index contributed by atoms with van der Waals surface area (Å²) in [4.78, 5) is 0. The van der Waals surface area contributed by atoms with Gasteiger partial charge in [-0.05, 0) is 42.3 Å². The molecule has 0 atom stereocenters. The molecular formula is C16H15N. The van der Waals surface area contributed by atoms with E-state index < -0.39 is 0 Å². The van der Waals surface area contributed by atoms with Crippen LogP contribution in [0.1, 0.15) is 22.3 Å². The van der Waals surface area contributed by atoms with E-state index in [-0.39, 0.29) is 0 Å². The fraction of sp³-hybridized carbons (Fsp3) is 0.125. The first-order valence-electron chi connectivity index (χ1n) is 5.65. The number of hydrogen-bond acceptors (Lipinski definition) is 1. The van der Waals surface area contributed by atoms with Gasteiger partial charge in [0.2, 0.25) is 0 Å². The summed E-state index contributed by atoms with van der Waals surface area (Å²) in [6.07, 6.45) is 0. The Labute approximate surface area is 102 Å². The molecule has 0 spiro atoms. The minimum Gasteiger partial charge on any atom is -0.326 e. The predicted molar refractivity (Wildman–Crippen MR) is 71.5 cm³/mol. The van der Waals surface area contributed by atoms with Crippen molar-refractivity contribution in [1.29, 1.82) is 0 Å². The largest absolute Gasteiger partial charge is 0.326 e. The van der Waals surface area contributed by atoms with Crippen molar-refractivity contribution in [2.75, 3.05) is 0 Å². The number of aryl methyl sites for hydroxylation is 1. The van der Waals surface area contributed by atoms with Crippen LogP contribution in [0.15, 0.2) is 48.5 Å². The van der Waals surface area contributed by atoms with Gasteiger partial charge in [0.15, 0.2) is 0 Å².